The zero-order chi connectivity index (χ0) is 21.2. The first-order chi connectivity index (χ1) is 14.8. The average Bonchev–Trinajstić information content (AvgIpc) is 3.15. The molecule has 5 rings (SSSR count). The standard InChI is InChI=1S/C14H13N.C12H8.C3H8.2CH4.W/c1-2-15-13-9-5-3-7-11(13)12-8-4-6-10-14(12)15;1-3-7-11(8-4-1)12-9-5-2-6-10-12;1-3-2;;;/h3-10H,2H2,1H3;1-7,9H;3H2,1-2H3;2*1H4;/q;-2;;;;+2. The molecular weight excluding hydrogens is 570 g/mol. The Balaban J connectivity index is 0.000000522. The summed E-state index contributed by atoms with van der Waals surface area (Å²) in [5, 5.41) is 2.71. The zero-order valence-corrected chi connectivity index (χ0v) is 21.4. The Hall–Kier alpha value is -2.63. The summed E-state index contributed by atoms with van der Waals surface area (Å²) >= 11 is 0. The molecule has 0 amide bonds. The van der Waals surface area contributed by atoms with Gasteiger partial charge >= 0.3 is 21.1 Å². The Bertz CT molecular complexity index is 1070. The SMILES string of the molecule is C.C.CCC.CCn1c2ccccc2c2ccccc21.[W+2].[c-]1ccccc1-c1[c-]cccc1. The van der Waals surface area contributed by atoms with Crippen LogP contribution in [0, 0.1) is 12.1 Å². The Morgan fingerprint density at radius 2 is 0.939 bits per heavy atom. The summed E-state index contributed by atoms with van der Waals surface area (Å²) in [6, 6.07) is 39.3. The Morgan fingerprint density at radius 3 is 1.27 bits per heavy atom. The molecule has 0 fully saturated rings. The minimum atomic E-state index is 0. The van der Waals surface area contributed by atoms with Crippen molar-refractivity contribution in [3.8, 4) is 11.1 Å². The van der Waals surface area contributed by atoms with Crippen LogP contribution in [0.25, 0.3) is 32.9 Å². The second-order valence-corrected chi connectivity index (χ2v) is 7.04. The van der Waals surface area contributed by atoms with Crippen molar-refractivity contribution in [3.63, 3.8) is 0 Å². The maximum atomic E-state index is 3.15. The third-order valence-electron chi connectivity index (χ3n) is 4.70. The first-order valence-electron chi connectivity index (χ1n) is 10.7. The van der Waals surface area contributed by atoms with E-state index in [2.05, 4.69) is 86.0 Å². The Morgan fingerprint density at radius 1 is 0.576 bits per heavy atom. The van der Waals surface area contributed by atoms with E-state index in [1.54, 1.807) is 0 Å². The molecule has 33 heavy (non-hydrogen) atoms. The van der Waals surface area contributed by atoms with Gasteiger partial charge in [-0.25, -0.2) is 11.1 Å². The minimum absolute atomic E-state index is 0. The molecular formula is C31H37NW. The molecule has 0 bridgehead atoms. The van der Waals surface area contributed by atoms with Crippen LogP contribution in [-0.4, -0.2) is 4.57 Å². The van der Waals surface area contributed by atoms with Gasteiger partial charge in [-0.2, -0.15) is 48.5 Å². The van der Waals surface area contributed by atoms with Crippen LogP contribution in [0.15, 0.2) is 97.1 Å². The number of rotatable bonds is 2. The van der Waals surface area contributed by atoms with Gasteiger partial charge in [0, 0.05) is 28.4 Å². The molecule has 0 aliphatic rings. The van der Waals surface area contributed by atoms with Gasteiger partial charge in [-0.3, -0.25) is 0 Å². The van der Waals surface area contributed by atoms with E-state index >= 15 is 0 Å². The number of hydrogen-bond donors (Lipinski definition) is 0. The smallest absolute Gasteiger partial charge is 0.341 e. The van der Waals surface area contributed by atoms with Crippen LogP contribution in [0.1, 0.15) is 42.0 Å². The summed E-state index contributed by atoms with van der Waals surface area (Å²) in [5.41, 5.74) is 4.86. The van der Waals surface area contributed by atoms with Crippen molar-refractivity contribution in [2.24, 2.45) is 0 Å². The van der Waals surface area contributed by atoms with E-state index in [4.69, 9.17) is 0 Å². The molecule has 0 saturated heterocycles. The van der Waals surface area contributed by atoms with Crippen LogP contribution < -0.4 is 0 Å². The van der Waals surface area contributed by atoms with Gasteiger partial charge < -0.3 is 4.57 Å². The van der Waals surface area contributed by atoms with Crippen molar-refractivity contribution in [3.05, 3.63) is 109 Å². The minimum Gasteiger partial charge on any atom is -0.341 e. The molecule has 0 saturated carbocycles. The van der Waals surface area contributed by atoms with Gasteiger partial charge in [-0.15, -0.1) is 12.1 Å². The second-order valence-electron chi connectivity index (χ2n) is 7.04. The third kappa shape index (κ3) is 7.72. The molecule has 1 nitrogen and oxygen atoms in total. The van der Waals surface area contributed by atoms with Gasteiger partial charge in [0.25, 0.3) is 0 Å². The number of aromatic nitrogens is 1. The normalized spacial score (nSPS) is 9.18. The summed E-state index contributed by atoms with van der Waals surface area (Å²) in [6.45, 7) is 7.47. The molecule has 4 aromatic carbocycles. The molecule has 1 heterocycles. The quantitative estimate of drug-likeness (QED) is 0.176. The van der Waals surface area contributed by atoms with Crippen LogP contribution in [0.3, 0.4) is 0 Å². The molecule has 172 valence electrons. The number of hydrogen-bond acceptors (Lipinski definition) is 0. The molecule has 0 aliphatic heterocycles. The summed E-state index contributed by atoms with van der Waals surface area (Å²) in [7, 11) is 0. The van der Waals surface area contributed by atoms with E-state index in [0.717, 1.165) is 17.7 Å². The molecule has 0 atom stereocenters. The molecule has 2 heteroatoms. The molecule has 5 aromatic rings. The Kier molecular flexibility index (Phi) is 14.8. The van der Waals surface area contributed by atoms with Gasteiger partial charge in [0.15, 0.2) is 0 Å². The number of nitrogens with zero attached hydrogens (tertiary/aromatic N) is 1. The van der Waals surface area contributed by atoms with Crippen LogP contribution in [0.4, 0.5) is 0 Å². The van der Waals surface area contributed by atoms with E-state index in [1.807, 2.05) is 48.5 Å². The number of fused-ring (bicyclic) bond motifs is 3. The zero-order valence-electron chi connectivity index (χ0n) is 18.5. The van der Waals surface area contributed by atoms with Gasteiger partial charge in [-0.05, 0) is 19.1 Å². The second kappa shape index (κ2) is 16.1. The molecule has 1 aromatic heterocycles. The van der Waals surface area contributed by atoms with Crippen molar-refractivity contribution in [1.29, 1.82) is 0 Å². The largest absolute Gasteiger partial charge is 2.00 e. The van der Waals surface area contributed by atoms with E-state index in [1.165, 1.54) is 28.2 Å². The molecule has 0 spiro atoms. The third-order valence-corrected chi connectivity index (χ3v) is 4.70. The van der Waals surface area contributed by atoms with Gasteiger partial charge in [0.05, 0.1) is 0 Å². The maximum absolute atomic E-state index is 3.15. The van der Waals surface area contributed by atoms with Crippen molar-refractivity contribution >= 4 is 21.8 Å². The maximum Gasteiger partial charge on any atom is 2.00 e. The fourth-order valence-electron chi connectivity index (χ4n) is 3.47. The topological polar surface area (TPSA) is 4.93 Å². The van der Waals surface area contributed by atoms with Crippen LogP contribution >= 0.6 is 0 Å². The number of benzene rings is 4. The van der Waals surface area contributed by atoms with Crippen molar-refractivity contribution in [2.45, 2.75) is 48.6 Å². The van der Waals surface area contributed by atoms with Crippen molar-refractivity contribution in [2.75, 3.05) is 0 Å². The summed E-state index contributed by atoms with van der Waals surface area (Å²) in [6.07, 6.45) is 1.25. The summed E-state index contributed by atoms with van der Waals surface area (Å²) in [5.74, 6) is 0. The first-order valence-corrected chi connectivity index (χ1v) is 10.7. The molecule has 0 radical (unpaired) electrons. The average molecular weight is 607 g/mol. The monoisotopic (exact) mass is 607 g/mol. The van der Waals surface area contributed by atoms with E-state index < -0.39 is 0 Å². The predicted octanol–water partition coefficient (Wildman–Crippen LogP) is 9.45. The van der Waals surface area contributed by atoms with E-state index in [-0.39, 0.29) is 35.9 Å². The predicted molar refractivity (Wildman–Crippen MR) is 144 cm³/mol. The van der Waals surface area contributed by atoms with E-state index in [0.29, 0.717) is 0 Å². The van der Waals surface area contributed by atoms with Crippen molar-refractivity contribution in [1.82, 2.24) is 4.57 Å². The molecule has 0 unspecified atom stereocenters. The van der Waals surface area contributed by atoms with E-state index in [9.17, 15) is 0 Å². The molecule has 0 N–H and O–H groups in total. The fraction of sp³-hybridized carbons (Fsp3) is 0.226. The van der Waals surface area contributed by atoms with Crippen molar-refractivity contribution < 1.29 is 21.1 Å². The summed E-state index contributed by atoms with van der Waals surface area (Å²) in [4.78, 5) is 0. The van der Waals surface area contributed by atoms with Crippen LogP contribution in [0.2, 0.25) is 0 Å². The van der Waals surface area contributed by atoms with Gasteiger partial charge in [0.1, 0.15) is 0 Å². The van der Waals surface area contributed by atoms with Gasteiger partial charge in [0.2, 0.25) is 0 Å². The molecule has 0 aliphatic carbocycles. The van der Waals surface area contributed by atoms with Crippen LogP contribution in [-0.2, 0) is 27.6 Å². The van der Waals surface area contributed by atoms with Gasteiger partial charge in [-0.1, -0.05) is 71.5 Å². The number of para-hydroxylation sites is 2. The first kappa shape index (κ1) is 30.4. The Labute approximate surface area is 215 Å². The van der Waals surface area contributed by atoms with Crippen LogP contribution in [0.5, 0.6) is 0 Å². The fourth-order valence-corrected chi connectivity index (χ4v) is 3.47. The summed E-state index contributed by atoms with van der Waals surface area (Å²) < 4.78 is 2.37. The number of aryl methyl sites for hydroxylation is 1.